The summed E-state index contributed by atoms with van der Waals surface area (Å²) in [7, 11) is 0. The van der Waals surface area contributed by atoms with Gasteiger partial charge < -0.3 is 14.8 Å². The number of fused-ring (bicyclic) bond motifs is 1. The Kier molecular flexibility index (Phi) is 4.15. The summed E-state index contributed by atoms with van der Waals surface area (Å²) < 4.78 is 10.9. The minimum atomic E-state index is 0.538. The summed E-state index contributed by atoms with van der Waals surface area (Å²) in [6.07, 6.45) is 0. The Bertz CT molecular complexity index is 435. The molecule has 1 aliphatic heterocycles. The summed E-state index contributed by atoms with van der Waals surface area (Å²) in [5, 5.41) is 4.30. The van der Waals surface area contributed by atoms with Crippen molar-refractivity contribution in [2.75, 3.05) is 19.8 Å². The van der Waals surface area contributed by atoms with E-state index < -0.39 is 0 Å². The van der Waals surface area contributed by atoms with Gasteiger partial charge in [0.2, 0.25) is 0 Å². The van der Waals surface area contributed by atoms with Gasteiger partial charge in [0.05, 0.1) is 5.02 Å². The average Bonchev–Trinajstić information content (AvgIpc) is 2.28. The molecule has 0 spiro atoms. The molecule has 5 heteroatoms. The zero-order valence-electron chi connectivity index (χ0n) is 9.26. The second-order valence-electron chi connectivity index (χ2n) is 3.72. The molecule has 0 saturated heterocycles. The van der Waals surface area contributed by atoms with Crippen molar-refractivity contribution in [3.63, 3.8) is 0 Å². The van der Waals surface area contributed by atoms with Gasteiger partial charge in [-0.3, -0.25) is 0 Å². The lowest BCUT2D eigenvalue weighted by Crippen LogP contribution is -2.17. The van der Waals surface area contributed by atoms with Crippen molar-refractivity contribution in [1.29, 1.82) is 0 Å². The molecule has 1 N–H and O–H groups in total. The van der Waals surface area contributed by atoms with Crippen molar-refractivity contribution < 1.29 is 9.47 Å². The molecule has 0 radical (unpaired) electrons. The molecule has 0 unspecified atom stereocenters. The molecule has 1 aliphatic rings. The fraction of sp³-hybridized carbons (Fsp3) is 0.333. The molecule has 2 rings (SSSR count). The van der Waals surface area contributed by atoms with Gasteiger partial charge in [-0.2, -0.15) is 0 Å². The second kappa shape index (κ2) is 5.63. The highest BCUT2D eigenvalue weighted by Crippen LogP contribution is 2.38. The van der Waals surface area contributed by atoms with Gasteiger partial charge in [0.25, 0.3) is 0 Å². The van der Waals surface area contributed by atoms with Gasteiger partial charge in [0, 0.05) is 18.1 Å². The van der Waals surface area contributed by atoms with Crippen LogP contribution < -0.4 is 14.8 Å². The molecule has 17 heavy (non-hydrogen) atoms. The van der Waals surface area contributed by atoms with Crippen LogP contribution in [0.4, 0.5) is 0 Å². The van der Waals surface area contributed by atoms with E-state index in [9.17, 15) is 0 Å². The van der Waals surface area contributed by atoms with Crippen molar-refractivity contribution in [3.05, 3.63) is 34.3 Å². The first-order valence-electron chi connectivity index (χ1n) is 5.29. The first-order chi connectivity index (χ1) is 8.16. The first kappa shape index (κ1) is 12.6. The van der Waals surface area contributed by atoms with Crippen LogP contribution in [0.15, 0.2) is 23.7 Å². The van der Waals surface area contributed by atoms with E-state index in [0.717, 1.165) is 5.56 Å². The average molecular weight is 274 g/mol. The maximum atomic E-state index is 6.11. The van der Waals surface area contributed by atoms with Crippen LogP contribution in [-0.4, -0.2) is 19.8 Å². The Labute approximate surface area is 110 Å². The number of benzene rings is 1. The van der Waals surface area contributed by atoms with Crippen LogP contribution in [0.1, 0.15) is 5.56 Å². The molecule has 1 aromatic carbocycles. The number of hydrogen-bond acceptors (Lipinski definition) is 3. The van der Waals surface area contributed by atoms with Crippen LogP contribution in [0.5, 0.6) is 11.5 Å². The molecule has 0 fully saturated rings. The normalized spacial score (nSPS) is 13.5. The topological polar surface area (TPSA) is 30.5 Å². The predicted molar refractivity (Wildman–Crippen MR) is 69.1 cm³/mol. The zero-order valence-corrected chi connectivity index (χ0v) is 10.8. The van der Waals surface area contributed by atoms with Gasteiger partial charge >= 0.3 is 0 Å². The summed E-state index contributed by atoms with van der Waals surface area (Å²) in [5.74, 6) is 1.33. The van der Waals surface area contributed by atoms with E-state index in [-0.39, 0.29) is 0 Å². The van der Waals surface area contributed by atoms with Crippen LogP contribution in [0.3, 0.4) is 0 Å². The van der Waals surface area contributed by atoms with Crippen LogP contribution >= 0.6 is 23.2 Å². The molecule has 0 bridgehead atoms. The molecule has 0 saturated carbocycles. The quantitative estimate of drug-likeness (QED) is 0.915. The molecule has 0 aliphatic carbocycles. The SMILES string of the molecule is C=C(Cl)CNCc1cc(Cl)c2c(c1)OCCO2. The van der Waals surface area contributed by atoms with Crippen LogP contribution in [0.2, 0.25) is 5.02 Å². The van der Waals surface area contributed by atoms with Gasteiger partial charge in [-0.1, -0.05) is 29.8 Å². The van der Waals surface area contributed by atoms with Crippen molar-refractivity contribution in [3.8, 4) is 11.5 Å². The van der Waals surface area contributed by atoms with Gasteiger partial charge in [-0.25, -0.2) is 0 Å². The molecule has 1 heterocycles. The third-order valence-corrected chi connectivity index (χ3v) is 2.72. The maximum absolute atomic E-state index is 6.11. The third kappa shape index (κ3) is 3.28. The van der Waals surface area contributed by atoms with E-state index in [1.807, 2.05) is 12.1 Å². The first-order valence-corrected chi connectivity index (χ1v) is 6.04. The van der Waals surface area contributed by atoms with E-state index in [1.165, 1.54) is 0 Å². The summed E-state index contributed by atoms with van der Waals surface area (Å²) >= 11 is 11.8. The van der Waals surface area contributed by atoms with E-state index in [0.29, 0.717) is 47.9 Å². The Morgan fingerprint density at radius 1 is 1.35 bits per heavy atom. The molecule has 0 atom stereocenters. The molecule has 1 aromatic rings. The number of nitrogens with one attached hydrogen (secondary N) is 1. The molecule has 3 nitrogen and oxygen atoms in total. The van der Waals surface area contributed by atoms with Crippen LogP contribution in [0.25, 0.3) is 0 Å². The van der Waals surface area contributed by atoms with E-state index in [4.69, 9.17) is 32.7 Å². The van der Waals surface area contributed by atoms with Gasteiger partial charge in [-0.05, 0) is 17.7 Å². The minimum absolute atomic E-state index is 0.538. The number of hydrogen-bond donors (Lipinski definition) is 1. The fourth-order valence-corrected chi connectivity index (χ4v) is 1.99. The largest absolute Gasteiger partial charge is 0.486 e. The number of halogens is 2. The molecule has 92 valence electrons. The van der Waals surface area contributed by atoms with Crippen molar-refractivity contribution in [2.45, 2.75) is 6.54 Å². The molecule has 0 amide bonds. The monoisotopic (exact) mass is 273 g/mol. The van der Waals surface area contributed by atoms with E-state index >= 15 is 0 Å². The van der Waals surface area contributed by atoms with Gasteiger partial charge in [-0.15, -0.1) is 0 Å². The summed E-state index contributed by atoms with van der Waals surface area (Å²) in [4.78, 5) is 0. The molecule has 0 aromatic heterocycles. The van der Waals surface area contributed by atoms with E-state index in [2.05, 4.69) is 11.9 Å². The Hall–Kier alpha value is -0.900. The second-order valence-corrected chi connectivity index (χ2v) is 4.66. The lowest BCUT2D eigenvalue weighted by atomic mass is 10.2. The number of ether oxygens (including phenoxy) is 2. The zero-order chi connectivity index (χ0) is 12.3. The Morgan fingerprint density at radius 3 is 2.88 bits per heavy atom. The van der Waals surface area contributed by atoms with Crippen molar-refractivity contribution in [2.24, 2.45) is 0 Å². The smallest absolute Gasteiger partial charge is 0.179 e. The van der Waals surface area contributed by atoms with Crippen LogP contribution in [-0.2, 0) is 6.54 Å². The minimum Gasteiger partial charge on any atom is -0.486 e. The van der Waals surface area contributed by atoms with Gasteiger partial charge in [0.1, 0.15) is 13.2 Å². The standard InChI is InChI=1S/C12H13Cl2NO2/c1-8(13)6-15-7-9-4-10(14)12-11(5-9)16-2-3-17-12/h4-5,15H,1-3,6-7H2. The number of rotatable bonds is 4. The highest BCUT2D eigenvalue weighted by Gasteiger charge is 2.16. The molecular formula is C12H13Cl2NO2. The highest BCUT2D eigenvalue weighted by molar-refractivity contribution is 6.32. The Balaban J connectivity index is 2.08. The maximum Gasteiger partial charge on any atom is 0.179 e. The van der Waals surface area contributed by atoms with Crippen molar-refractivity contribution in [1.82, 2.24) is 5.32 Å². The van der Waals surface area contributed by atoms with E-state index in [1.54, 1.807) is 0 Å². The highest BCUT2D eigenvalue weighted by atomic mass is 35.5. The fourth-order valence-electron chi connectivity index (χ4n) is 1.61. The third-order valence-electron chi connectivity index (χ3n) is 2.30. The predicted octanol–water partition coefficient (Wildman–Crippen LogP) is 2.95. The van der Waals surface area contributed by atoms with Crippen LogP contribution in [0, 0.1) is 0 Å². The van der Waals surface area contributed by atoms with Crippen molar-refractivity contribution >= 4 is 23.2 Å². The Morgan fingerprint density at radius 2 is 2.12 bits per heavy atom. The summed E-state index contributed by atoms with van der Waals surface area (Å²) in [6, 6.07) is 3.78. The van der Waals surface area contributed by atoms with Gasteiger partial charge in [0.15, 0.2) is 11.5 Å². The summed E-state index contributed by atoms with van der Waals surface area (Å²) in [6.45, 7) is 5.92. The lowest BCUT2D eigenvalue weighted by Gasteiger charge is -2.20. The molecular weight excluding hydrogens is 261 g/mol. The summed E-state index contributed by atoms with van der Waals surface area (Å²) in [5.41, 5.74) is 1.03. The lowest BCUT2D eigenvalue weighted by molar-refractivity contribution is 0.171.